The van der Waals surface area contributed by atoms with E-state index < -0.39 is 0 Å². The van der Waals surface area contributed by atoms with Gasteiger partial charge in [-0.15, -0.1) is 24.0 Å². The fourth-order valence-corrected chi connectivity index (χ4v) is 3.26. The molecule has 3 N–H and O–H groups in total. The first-order valence-electron chi connectivity index (χ1n) is 8.72. The molecule has 0 amide bonds. The molecule has 1 aliphatic rings. The van der Waals surface area contributed by atoms with Crippen molar-refractivity contribution in [3.05, 3.63) is 35.8 Å². The molecule has 1 saturated heterocycles. The quantitative estimate of drug-likeness (QED) is 0.338. The maximum atomic E-state index is 9.32. The highest BCUT2D eigenvalue weighted by molar-refractivity contribution is 14.0. The first kappa shape index (κ1) is 20.9. The van der Waals surface area contributed by atoms with Gasteiger partial charge in [-0.05, 0) is 31.9 Å². The number of aliphatic hydroxyl groups is 1. The fraction of sp³-hybridized carbons (Fsp3) is 0.556. The Hall–Kier alpha value is -1.39. The van der Waals surface area contributed by atoms with Crippen LogP contribution in [-0.2, 0) is 11.3 Å². The molecule has 26 heavy (non-hydrogen) atoms. The van der Waals surface area contributed by atoms with Crippen LogP contribution in [-0.4, -0.2) is 53.9 Å². The third-order valence-corrected chi connectivity index (χ3v) is 4.86. The molecule has 3 heterocycles. The van der Waals surface area contributed by atoms with Crippen molar-refractivity contribution in [1.82, 2.24) is 20.0 Å². The number of aliphatic imine (C=N–C) groups is 1. The molecule has 8 heteroatoms. The van der Waals surface area contributed by atoms with Gasteiger partial charge < -0.3 is 24.9 Å². The number of hydrogen-bond donors (Lipinski definition) is 3. The molecule has 0 radical (unpaired) electrons. The minimum atomic E-state index is -0.00737. The Morgan fingerprint density at radius 2 is 2.27 bits per heavy atom. The number of rotatable bonds is 6. The number of aromatic nitrogens is 2. The average Bonchev–Trinajstić information content (AvgIpc) is 3.23. The van der Waals surface area contributed by atoms with Gasteiger partial charge in [0.05, 0.1) is 18.8 Å². The minimum Gasteiger partial charge on any atom is -0.396 e. The van der Waals surface area contributed by atoms with E-state index in [4.69, 9.17) is 4.74 Å². The van der Waals surface area contributed by atoms with E-state index in [9.17, 15) is 5.11 Å². The van der Waals surface area contributed by atoms with Crippen LogP contribution in [0.1, 0.15) is 24.2 Å². The molecule has 0 bridgehead atoms. The Morgan fingerprint density at radius 3 is 2.92 bits per heavy atom. The number of ether oxygens (including phenoxy) is 1. The molecule has 2 aromatic heterocycles. The largest absolute Gasteiger partial charge is 0.396 e. The molecule has 0 aliphatic carbocycles. The third kappa shape index (κ3) is 4.86. The monoisotopic (exact) mass is 473 g/mol. The summed E-state index contributed by atoms with van der Waals surface area (Å²) >= 11 is 0. The highest BCUT2D eigenvalue weighted by Crippen LogP contribution is 2.31. The highest BCUT2D eigenvalue weighted by Gasteiger charge is 2.34. The van der Waals surface area contributed by atoms with E-state index in [1.807, 2.05) is 18.3 Å². The predicted molar refractivity (Wildman–Crippen MR) is 113 cm³/mol. The van der Waals surface area contributed by atoms with Gasteiger partial charge in [0.15, 0.2) is 5.96 Å². The van der Waals surface area contributed by atoms with Crippen molar-refractivity contribution in [3.63, 3.8) is 0 Å². The SMILES string of the molecule is CN=C(NCc1cn2c(C)cccc2n1)NCC1(CCO)CCOC1.I. The maximum Gasteiger partial charge on any atom is 0.191 e. The lowest BCUT2D eigenvalue weighted by atomic mass is 9.84. The lowest BCUT2D eigenvalue weighted by Crippen LogP contribution is -2.44. The normalized spacial score (nSPS) is 20.2. The summed E-state index contributed by atoms with van der Waals surface area (Å²) in [6, 6.07) is 6.08. The Morgan fingerprint density at radius 1 is 1.42 bits per heavy atom. The molecule has 7 nitrogen and oxygen atoms in total. The summed E-state index contributed by atoms with van der Waals surface area (Å²) in [6.07, 6.45) is 3.75. The van der Waals surface area contributed by atoms with Crippen molar-refractivity contribution in [2.75, 3.05) is 33.4 Å². The average molecular weight is 473 g/mol. The van der Waals surface area contributed by atoms with E-state index in [0.29, 0.717) is 13.2 Å². The smallest absolute Gasteiger partial charge is 0.191 e. The Bertz CT molecular complexity index is 740. The second-order valence-corrected chi connectivity index (χ2v) is 6.68. The van der Waals surface area contributed by atoms with Gasteiger partial charge in [-0.2, -0.15) is 0 Å². The molecule has 144 valence electrons. The number of pyridine rings is 1. The number of guanidine groups is 1. The lowest BCUT2D eigenvalue weighted by molar-refractivity contribution is 0.127. The molecule has 0 saturated carbocycles. The molecule has 1 atom stereocenters. The highest BCUT2D eigenvalue weighted by atomic mass is 127. The minimum absolute atomic E-state index is 0. The summed E-state index contributed by atoms with van der Waals surface area (Å²) < 4.78 is 7.61. The topological polar surface area (TPSA) is 83.2 Å². The van der Waals surface area contributed by atoms with Crippen LogP contribution < -0.4 is 10.6 Å². The summed E-state index contributed by atoms with van der Waals surface area (Å²) in [4.78, 5) is 8.91. The number of hydrogen-bond acceptors (Lipinski definition) is 4. The molecular formula is C18H28IN5O2. The van der Waals surface area contributed by atoms with Crippen molar-refractivity contribution < 1.29 is 9.84 Å². The van der Waals surface area contributed by atoms with Crippen molar-refractivity contribution in [3.8, 4) is 0 Å². The van der Waals surface area contributed by atoms with E-state index in [0.717, 1.165) is 49.0 Å². The van der Waals surface area contributed by atoms with Crippen molar-refractivity contribution >= 4 is 35.6 Å². The summed E-state index contributed by atoms with van der Waals surface area (Å²) in [6.45, 7) is 5.02. The number of imidazole rings is 1. The number of aliphatic hydroxyl groups excluding tert-OH is 1. The van der Waals surface area contributed by atoms with Crippen LogP contribution in [0.3, 0.4) is 0 Å². The summed E-state index contributed by atoms with van der Waals surface area (Å²) in [7, 11) is 1.76. The Labute approximate surface area is 171 Å². The first-order chi connectivity index (χ1) is 12.2. The summed E-state index contributed by atoms with van der Waals surface area (Å²) in [5, 5.41) is 16.0. The maximum absolute atomic E-state index is 9.32. The zero-order valence-electron chi connectivity index (χ0n) is 15.4. The zero-order valence-corrected chi connectivity index (χ0v) is 17.7. The molecule has 3 rings (SSSR count). The van der Waals surface area contributed by atoms with Gasteiger partial charge in [0.25, 0.3) is 0 Å². The third-order valence-electron chi connectivity index (χ3n) is 4.86. The van der Waals surface area contributed by atoms with E-state index in [-0.39, 0.29) is 36.0 Å². The van der Waals surface area contributed by atoms with Gasteiger partial charge in [-0.25, -0.2) is 4.98 Å². The standard InChI is InChI=1S/C18H27N5O2.HI/c1-14-4-3-5-16-22-15(11-23(14)16)10-20-17(19-2)21-12-18(6-8-24)7-9-25-13-18;/h3-5,11,24H,6-10,12-13H2,1-2H3,(H2,19,20,21);1H. The van der Waals surface area contributed by atoms with Gasteiger partial charge in [0.1, 0.15) is 5.65 Å². The van der Waals surface area contributed by atoms with E-state index in [1.54, 1.807) is 7.05 Å². The second kappa shape index (κ2) is 9.52. The van der Waals surface area contributed by atoms with Crippen LogP contribution >= 0.6 is 24.0 Å². The molecule has 2 aromatic rings. The number of nitrogens with zero attached hydrogens (tertiary/aromatic N) is 3. The van der Waals surface area contributed by atoms with Gasteiger partial charge in [0.2, 0.25) is 0 Å². The number of nitrogens with one attached hydrogen (secondary N) is 2. The molecule has 0 spiro atoms. The summed E-state index contributed by atoms with van der Waals surface area (Å²) in [5.41, 5.74) is 3.06. The molecule has 1 aliphatic heterocycles. The van der Waals surface area contributed by atoms with Crippen molar-refractivity contribution in [1.29, 1.82) is 0 Å². The van der Waals surface area contributed by atoms with Crippen LogP contribution in [0.5, 0.6) is 0 Å². The summed E-state index contributed by atoms with van der Waals surface area (Å²) in [5.74, 6) is 0.734. The van der Waals surface area contributed by atoms with E-state index in [2.05, 4.69) is 38.0 Å². The van der Waals surface area contributed by atoms with Crippen molar-refractivity contribution in [2.24, 2.45) is 10.4 Å². The second-order valence-electron chi connectivity index (χ2n) is 6.68. The number of fused-ring (bicyclic) bond motifs is 1. The molecule has 0 aromatic carbocycles. The van der Waals surface area contributed by atoms with Crippen molar-refractivity contribution in [2.45, 2.75) is 26.3 Å². The van der Waals surface area contributed by atoms with Gasteiger partial charge in [0, 0.05) is 44.1 Å². The first-order valence-corrected chi connectivity index (χ1v) is 8.72. The predicted octanol–water partition coefficient (Wildman–Crippen LogP) is 1.71. The number of aryl methyl sites for hydroxylation is 1. The van der Waals surface area contributed by atoms with Crippen LogP contribution in [0, 0.1) is 12.3 Å². The van der Waals surface area contributed by atoms with Crippen LogP contribution in [0.25, 0.3) is 5.65 Å². The molecular weight excluding hydrogens is 445 g/mol. The van der Waals surface area contributed by atoms with E-state index in [1.165, 1.54) is 0 Å². The van der Waals surface area contributed by atoms with Crippen LogP contribution in [0.15, 0.2) is 29.4 Å². The van der Waals surface area contributed by atoms with E-state index >= 15 is 0 Å². The fourth-order valence-electron chi connectivity index (χ4n) is 3.26. The Balaban J connectivity index is 0.00000243. The molecule has 1 unspecified atom stereocenters. The number of halogens is 1. The van der Waals surface area contributed by atoms with Gasteiger partial charge in [-0.3, -0.25) is 4.99 Å². The zero-order chi connectivity index (χ0) is 17.7. The van der Waals surface area contributed by atoms with Crippen LogP contribution in [0.4, 0.5) is 0 Å². The van der Waals surface area contributed by atoms with Gasteiger partial charge in [-0.1, -0.05) is 6.07 Å². The van der Waals surface area contributed by atoms with Gasteiger partial charge >= 0.3 is 0 Å². The molecule has 1 fully saturated rings. The van der Waals surface area contributed by atoms with Crippen LogP contribution in [0.2, 0.25) is 0 Å². The Kier molecular flexibility index (Phi) is 7.66. The lowest BCUT2D eigenvalue weighted by Gasteiger charge is -2.27.